The fraction of sp³-hybridized carbons (Fsp3) is 0.250. The molecule has 0 aliphatic carbocycles. The molecule has 0 N–H and O–H groups in total. The topological polar surface area (TPSA) is 37.4 Å². The van der Waals surface area contributed by atoms with Crippen LogP contribution in [0.4, 0.5) is 0 Å². The molecule has 0 aromatic heterocycles. The molecule has 2 aromatic rings. The van der Waals surface area contributed by atoms with Gasteiger partial charge in [-0.25, -0.2) is 0 Å². The normalized spacial score (nSPS) is 12.8. The van der Waals surface area contributed by atoms with Crippen LogP contribution >= 0.6 is 0 Å². The van der Waals surface area contributed by atoms with Crippen LogP contribution in [0.15, 0.2) is 79.4 Å². The van der Waals surface area contributed by atoms with Crippen LogP contribution in [0.5, 0.6) is 0 Å². The second-order valence-electron chi connectivity index (χ2n) is 7.43. The first-order chi connectivity index (χ1) is 13.4. The zero-order valence-corrected chi connectivity index (χ0v) is 17.9. The maximum absolute atomic E-state index is 11.4. The summed E-state index contributed by atoms with van der Waals surface area (Å²) in [6.07, 6.45) is 5.33. The molecule has 1 aliphatic heterocycles. The maximum Gasteiger partial charge on any atom is 0.253 e. The van der Waals surface area contributed by atoms with Gasteiger partial charge in [0, 0.05) is 30.7 Å². The Morgan fingerprint density at radius 2 is 1.41 bits per heavy atom. The molecule has 0 bridgehead atoms. The number of carbonyl (C=O) groups is 2. The molecule has 0 unspecified atom stereocenters. The number of imide groups is 1. The Morgan fingerprint density at radius 1 is 0.897 bits per heavy atom. The molecule has 0 atom stereocenters. The third-order valence-corrected chi connectivity index (χ3v) is 4.53. The van der Waals surface area contributed by atoms with E-state index in [0.717, 1.165) is 24.0 Å². The van der Waals surface area contributed by atoms with Gasteiger partial charge < -0.3 is 16.9 Å². The van der Waals surface area contributed by atoms with Crippen LogP contribution in [0.3, 0.4) is 0 Å². The second-order valence-corrected chi connectivity index (χ2v) is 7.43. The number of quaternary nitrogens is 1. The summed E-state index contributed by atoms with van der Waals surface area (Å²) in [5.41, 5.74) is 2.47. The fourth-order valence-corrected chi connectivity index (χ4v) is 3.05. The zero-order valence-electron chi connectivity index (χ0n) is 17.1. The Bertz CT molecular complexity index is 799. The monoisotopic (exact) mass is 412 g/mol. The first kappa shape index (κ1) is 24.3. The zero-order chi connectivity index (χ0) is 20.4. The molecular formula is C24H29ClN2O2. The van der Waals surface area contributed by atoms with Gasteiger partial charge in [0.25, 0.3) is 11.8 Å². The van der Waals surface area contributed by atoms with Crippen LogP contribution in [0.1, 0.15) is 17.5 Å². The molecule has 0 spiro atoms. The van der Waals surface area contributed by atoms with Crippen LogP contribution in [0, 0.1) is 0 Å². The van der Waals surface area contributed by atoms with Gasteiger partial charge in [0.15, 0.2) is 0 Å². The molecule has 3 rings (SSSR count). The predicted octanol–water partition coefficient (Wildman–Crippen LogP) is 0.912. The minimum atomic E-state index is -0.191. The quantitative estimate of drug-likeness (QED) is 0.501. The highest BCUT2D eigenvalue weighted by Gasteiger charge is 2.24. The summed E-state index contributed by atoms with van der Waals surface area (Å²) < 4.78 is 0.841. The van der Waals surface area contributed by atoms with E-state index >= 15 is 0 Å². The van der Waals surface area contributed by atoms with Crippen molar-refractivity contribution in [1.82, 2.24) is 4.90 Å². The Hall–Kier alpha value is -2.69. The van der Waals surface area contributed by atoms with Crippen molar-refractivity contribution >= 4 is 17.9 Å². The highest BCUT2D eigenvalue weighted by Crippen LogP contribution is 2.11. The van der Waals surface area contributed by atoms with E-state index in [1.165, 1.54) is 28.2 Å². The van der Waals surface area contributed by atoms with Crippen molar-refractivity contribution in [1.29, 1.82) is 0 Å². The fourth-order valence-electron chi connectivity index (χ4n) is 3.05. The number of hydrogen-bond donors (Lipinski definition) is 0. The molecule has 1 aliphatic rings. The van der Waals surface area contributed by atoms with E-state index in [4.69, 9.17) is 0 Å². The lowest BCUT2D eigenvalue weighted by Gasteiger charge is -2.30. The van der Waals surface area contributed by atoms with Gasteiger partial charge >= 0.3 is 0 Å². The molecule has 1 heterocycles. The maximum atomic E-state index is 11.4. The van der Waals surface area contributed by atoms with Crippen LogP contribution in [0.25, 0.3) is 6.08 Å². The standard InChI is InChI=1S/C16H21N2O2.C8H8.ClH/c1-18(2,13-14-7-4-3-5-8-14)12-6-11-17-15(19)9-10-16(17)20;1-2-8-6-4-3-5-7-8;/h3-5,7-10H,6,11-13H2,1-2H3;2-7H,1H2;1H/q+1;;/p-1. The molecule has 29 heavy (non-hydrogen) atoms. The van der Waals surface area contributed by atoms with E-state index in [2.05, 4.69) is 32.8 Å². The summed E-state index contributed by atoms with van der Waals surface area (Å²) in [4.78, 5) is 24.2. The summed E-state index contributed by atoms with van der Waals surface area (Å²) in [5.74, 6) is -0.383. The van der Waals surface area contributed by atoms with Crippen LogP contribution < -0.4 is 12.4 Å². The van der Waals surface area contributed by atoms with E-state index in [-0.39, 0.29) is 24.2 Å². The van der Waals surface area contributed by atoms with Crippen molar-refractivity contribution in [2.24, 2.45) is 0 Å². The Balaban J connectivity index is 0.000000394. The minimum absolute atomic E-state index is 0. The highest BCUT2D eigenvalue weighted by molar-refractivity contribution is 6.12. The van der Waals surface area contributed by atoms with Gasteiger partial charge in [-0.15, -0.1) is 0 Å². The average Bonchev–Trinajstić information content (AvgIpc) is 3.01. The Labute approximate surface area is 180 Å². The first-order valence-electron chi connectivity index (χ1n) is 9.48. The molecule has 0 fully saturated rings. The summed E-state index contributed by atoms with van der Waals surface area (Å²) in [6.45, 7) is 6.00. The number of carbonyl (C=O) groups excluding carboxylic acids is 2. The van der Waals surface area contributed by atoms with E-state index in [9.17, 15) is 9.59 Å². The predicted molar refractivity (Wildman–Crippen MR) is 114 cm³/mol. The number of benzene rings is 2. The average molecular weight is 413 g/mol. The number of rotatable bonds is 7. The summed E-state index contributed by atoms with van der Waals surface area (Å²) in [6, 6.07) is 20.4. The van der Waals surface area contributed by atoms with Crippen molar-refractivity contribution in [3.05, 3.63) is 90.5 Å². The number of hydrogen-bond acceptors (Lipinski definition) is 2. The van der Waals surface area contributed by atoms with E-state index in [0.29, 0.717) is 6.54 Å². The van der Waals surface area contributed by atoms with E-state index in [1.54, 1.807) is 0 Å². The van der Waals surface area contributed by atoms with Crippen LogP contribution in [-0.2, 0) is 16.1 Å². The molecule has 2 amide bonds. The molecule has 2 aromatic carbocycles. The molecule has 4 nitrogen and oxygen atoms in total. The lowest BCUT2D eigenvalue weighted by molar-refractivity contribution is -0.903. The summed E-state index contributed by atoms with van der Waals surface area (Å²) in [5, 5.41) is 0. The Kier molecular flexibility index (Phi) is 10.1. The first-order valence-corrected chi connectivity index (χ1v) is 9.48. The molecule has 0 saturated heterocycles. The van der Waals surface area contributed by atoms with Crippen molar-refractivity contribution in [2.75, 3.05) is 27.2 Å². The van der Waals surface area contributed by atoms with Gasteiger partial charge in [-0.2, -0.15) is 0 Å². The lowest BCUT2D eigenvalue weighted by atomic mass is 10.2. The van der Waals surface area contributed by atoms with E-state index in [1.807, 2.05) is 54.6 Å². The van der Waals surface area contributed by atoms with Crippen molar-refractivity contribution in [2.45, 2.75) is 13.0 Å². The largest absolute Gasteiger partial charge is 1.00 e. The molecule has 5 heteroatoms. The highest BCUT2D eigenvalue weighted by atomic mass is 35.5. The third-order valence-electron chi connectivity index (χ3n) is 4.53. The summed E-state index contributed by atoms with van der Waals surface area (Å²) in [7, 11) is 4.33. The molecule has 154 valence electrons. The minimum Gasteiger partial charge on any atom is -1.00 e. The SMILES string of the molecule is C=Cc1ccccc1.C[N+](C)(CCCN1C(=O)C=CC1=O)Cc1ccccc1.[Cl-]. The van der Waals surface area contributed by atoms with Gasteiger partial charge in [-0.3, -0.25) is 14.5 Å². The van der Waals surface area contributed by atoms with Crippen molar-refractivity contribution in [3.63, 3.8) is 0 Å². The lowest BCUT2D eigenvalue weighted by Crippen LogP contribution is -3.00. The van der Waals surface area contributed by atoms with Gasteiger partial charge in [0.1, 0.15) is 6.54 Å². The smallest absolute Gasteiger partial charge is 0.253 e. The number of amides is 2. The van der Waals surface area contributed by atoms with Gasteiger partial charge in [-0.05, 0) is 5.56 Å². The molecule has 0 radical (unpaired) electrons. The van der Waals surface area contributed by atoms with Gasteiger partial charge in [0.2, 0.25) is 0 Å². The number of halogens is 1. The van der Waals surface area contributed by atoms with E-state index < -0.39 is 0 Å². The van der Waals surface area contributed by atoms with Gasteiger partial charge in [-0.1, -0.05) is 73.3 Å². The van der Waals surface area contributed by atoms with Crippen LogP contribution in [0.2, 0.25) is 0 Å². The van der Waals surface area contributed by atoms with Gasteiger partial charge in [0.05, 0.1) is 20.6 Å². The molecular weight excluding hydrogens is 384 g/mol. The van der Waals surface area contributed by atoms with Crippen molar-refractivity contribution in [3.8, 4) is 0 Å². The van der Waals surface area contributed by atoms with Crippen LogP contribution in [-0.4, -0.2) is 48.4 Å². The third kappa shape index (κ3) is 8.46. The molecule has 0 saturated carbocycles. The second kappa shape index (κ2) is 12.0. The number of nitrogens with zero attached hydrogens (tertiary/aromatic N) is 2. The summed E-state index contributed by atoms with van der Waals surface area (Å²) >= 11 is 0. The Morgan fingerprint density at radius 3 is 1.90 bits per heavy atom. The van der Waals surface area contributed by atoms with Crippen molar-refractivity contribution < 1.29 is 26.5 Å².